The monoisotopic (exact) mass is 894 g/mol. The van der Waals surface area contributed by atoms with Gasteiger partial charge >= 0.3 is 12.3 Å². The highest BCUT2D eigenvalue weighted by Crippen LogP contribution is 2.48. The van der Waals surface area contributed by atoms with E-state index in [0.717, 1.165) is 0 Å². The molecular formula is C42H57F3N6O10S. The van der Waals surface area contributed by atoms with Gasteiger partial charge in [-0.05, 0) is 77.3 Å². The molecule has 62 heavy (non-hydrogen) atoms. The van der Waals surface area contributed by atoms with Crippen molar-refractivity contribution in [2.24, 2.45) is 17.8 Å². The van der Waals surface area contributed by atoms with Crippen LogP contribution in [0.1, 0.15) is 98.1 Å². The number of fused-ring (bicyclic) bond motifs is 3. The Morgan fingerprint density at radius 1 is 1.08 bits per heavy atom. The first-order valence-electron chi connectivity index (χ1n) is 20.9. The number of allylic oxidation sites excluding steroid dienone is 1. The molecule has 0 spiro atoms. The molecule has 3 fully saturated rings. The zero-order valence-electron chi connectivity index (χ0n) is 36.3. The predicted molar refractivity (Wildman–Crippen MR) is 219 cm³/mol. The second-order valence-corrected chi connectivity index (χ2v) is 20.3. The van der Waals surface area contributed by atoms with Crippen LogP contribution >= 0.6 is 0 Å². The number of ether oxygens (including phenoxy) is 4. The molecule has 3 heterocycles. The second kappa shape index (κ2) is 17.4. The van der Waals surface area contributed by atoms with Gasteiger partial charge in [0.05, 0.1) is 36.0 Å². The highest BCUT2D eigenvalue weighted by Gasteiger charge is 2.63. The average Bonchev–Trinajstić information content (AvgIpc) is 4.07. The molecule has 2 saturated carbocycles. The molecule has 7 atom stereocenters. The molecule has 1 aromatic heterocycles. The zero-order valence-corrected chi connectivity index (χ0v) is 37.1. The lowest BCUT2D eigenvalue weighted by Gasteiger charge is -2.35. The van der Waals surface area contributed by atoms with Gasteiger partial charge in [-0.15, -0.1) is 0 Å². The summed E-state index contributed by atoms with van der Waals surface area (Å²) in [7, 11) is -1.21. The molecule has 1 saturated heterocycles. The Balaban J connectivity index is 1.40. The predicted octanol–water partition coefficient (Wildman–Crippen LogP) is 5.06. The molecule has 0 radical (unpaired) electrons. The van der Waals surface area contributed by atoms with E-state index in [9.17, 15) is 36.0 Å². The summed E-state index contributed by atoms with van der Waals surface area (Å²) >= 11 is 0. The van der Waals surface area contributed by atoms with E-state index in [2.05, 4.69) is 15.4 Å². The largest absolute Gasteiger partial charge is 0.497 e. The molecule has 1 aromatic carbocycles. The SMILES string of the molecule is COC[C@@H]1C[C@@H](C)CC/C=C\[C@H]2C[C@]2(C(=O)NS(=O)(=O)C2(C)CC2)NC(=O)[C@@H]2C[C@@H](Oc3nc4cc(OC)ccc4nc3C(C)C)CN2C(=O)[C@H]1NC(=O)OC(C)(C)C(F)(F)F. The van der Waals surface area contributed by atoms with Gasteiger partial charge in [0.15, 0.2) is 0 Å². The third-order valence-electron chi connectivity index (χ3n) is 12.5. The van der Waals surface area contributed by atoms with Gasteiger partial charge in [-0.25, -0.2) is 23.2 Å². The maximum atomic E-state index is 15.1. The van der Waals surface area contributed by atoms with E-state index >= 15 is 4.79 Å². The number of hydrogen-bond acceptors (Lipinski definition) is 12. The molecule has 6 rings (SSSR count). The summed E-state index contributed by atoms with van der Waals surface area (Å²) in [4.78, 5) is 67.8. The van der Waals surface area contributed by atoms with Crippen LogP contribution < -0.4 is 24.8 Å². The first-order valence-corrected chi connectivity index (χ1v) is 22.4. The molecule has 16 nitrogen and oxygen atoms in total. The van der Waals surface area contributed by atoms with Crippen LogP contribution in [0.4, 0.5) is 18.0 Å². The summed E-state index contributed by atoms with van der Waals surface area (Å²) in [5, 5.41) is 5.20. The number of alkyl halides is 3. The molecule has 4 aliphatic rings. The van der Waals surface area contributed by atoms with Gasteiger partial charge in [0.1, 0.15) is 35.2 Å². The standard InChI is InChI=1S/C42H57F3N6O10S/c1-23(2)32-35(47-30-18-27(59-8)13-14-29(30)46-32)60-28-19-31-34(52)49-41(37(54)50-62(56,57)40(6)15-16-40)20-26(41)12-10-9-11-24(3)17-25(22-58-7)33(36(53)51(31)21-28)48-38(55)61-39(4,5)42(43,44)45/h10,12-14,18,23-26,28,31,33H,9,11,15-17,19-22H2,1-8H3,(H,48,55)(H,49,52)(H,50,54)/b12-10-/t24-,25-,26-,28+,31-,33-,41-/m0/s1. The molecule has 342 valence electrons. The molecule has 0 unspecified atom stereocenters. The Morgan fingerprint density at radius 2 is 1.79 bits per heavy atom. The molecule has 3 N–H and O–H groups in total. The van der Waals surface area contributed by atoms with Crippen LogP contribution in [0.5, 0.6) is 11.6 Å². The maximum Gasteiger partial charge on any atom is 0.427 e. The number of benzene rings is 1. The molecule has 2 aliphatic carbocycles. The fourth-order valence-electron chi connectivity index (χ4n) is 8.02. The van der Waals surface area contributed by atoms with E-state index < -0.39 is 85.9 Å². The fraction of sp³-hybridized carbons (Fsp3) is 0.667. The van der Waals surface area contributed by atoms with Gasteiger partial charge in [-0.3, -0.25) is 19.1 Å². The Kier molecular flexibility index (Phi) is 13.2. The van der Waals surface area contributed by atoms with Gasteiger partial charge in [0.2, 0.25) is 33.3 Å². The van der Waals surface area contributed by atoms with Crippen LogP contribution in [-0.4, -0.2) is 115 Å². The number of carbonyl (C=O) groups is 4. The molecule has 20 heteroatoms. The van der Waals surface area contributed by atoms with Crippen molar-refractivity contribution in [3.05, 3.63) is 36.0 Å². The number of carbonyl (C=O) groups excluding carboxylic acids is 4. The smallest absolute Gasteiger partial charge is 0.427 e. The summed E-state index contributed by atoms with van der Waals surface area (Å²) in [6, 6.07) is 2.23. The van der Waals surface area contributed by atoms with Crippen LogP contribution in [0.15, 0.2) is 30.4 Å². The lowest BCUT2D eigenvalue weighted by atomic mass is 9.87. The van der Waals surface area contributed by atoms with Crippen LogP contribution in [0, 0.1) is 17.8 Å². The summed E-state index contributed by atoms with van der Waals surface area (Å²) < 4.78 is 91.5. The number of amides is 4. The first kappa shape index (κ1) is 46.8. The topological polar surface area (TPSA) is 204 Å². The third-order valence-corrected chi connectivity index (χ3v) is 14.6. The van der Waals surface area contributed by atoms with Gasteiger partial charge < -0.3 is 34.5 Å². The number of sulfonamides is 1. The summed E-state index contributed by atoms with van der Waals surface area (Å²) in [5.41, 5.74) is -3.10. The van der Waals surface area contributed by atoms with E-state index in [0.29, 0.717) is 62.0 Å². The Labute approximate surface area is 359 Å². The molecule has 0 bridgehead atoms. The van der Waals surface area contributed by atoms with Crippen molar-refractivity contribution in [2.75, 3.05) is 27.4 Å². The van der Waals surface area contributed by atoms with Gasteiger partial charge in [0, 0.05) is 37.4 Å². The first-order chi connectivity index (χ1) is 28.9. The number of aromatic nitrogens is 2. The second-order valence-electron chi connectivity index (χ2n) is 18.1. The minimum absolute atomic E-state index is 0.0816. The lowest BCUT2D eigenvalue weighted by molar-refractivity contribution is -0.244. The van der Waals surface area contributed by atoms with Crippen LogP contribution in [0.2, 0.25) is 0 Å². The minimum atomic E-state index is -4.95. The van der Waals surface area contributed by atoms with Crippen molar-refractivity contribution < 1.29 is 59.7 Å². The Hall–Kier alpha value is -4.72. The van der Waals surface area contributed by atoms with Crippen molar-refractivity contribution in [2.45, 2.75) is 133 Å². The van der Waals surface area contributed by atoms with Gasteiger partial charge in [0.25, 0.3) is 5.91 Å². The zero-order chi connectivity index (χ0) is 45.6. The van der Waals surface area contributed by atoms with Crippen molar-refractivity contribution in [3.63, 3.8) is 0 Å². The number of alkyl carbamates (subject to hydrolysis) is 1. The normalized spacial score (nSPS) is 28.4. The quantitative estimate of drug-likeness (QED) is 0.254. The Morgan fingerprint density at radius 3 is 2.42 bits per heavy atom. The Bertz CT molecular complexity index is 2200. The number of nitrogens with zero attached hydrogens (tertiary/aromatic N) is 3. The van der Waals surface area contributed by atoms with E-state index in [1.165, 1.54) is 26.0 Å². The van der Waals surface area contributed by atoms with Crippen LogP contribution in [0.3, 0.4) is 0 Å². The molecule has 2 aromatic rings. The van der Waals surface area contributed by atoms with Crippen LogP contribution in [0.25, 0.3) is 11.0 Å². The average molecular weight is 895 g/mol. The maximum absolute atomic E-state index is 15.1. The molecule has 2 aliphatic heterocycles. The van der Waals surface area contributed by atoms with E-state index in [1.54, 1.807) is 24.3 Å². The summed E-state index contributed by atoms with van der Waals surface area (Å²) in [5.74, 6) is -3.61. The number of nitrogens with one attached hydrogen (secondary N) is 3. The summed E-state index contributed by atoms with van der Waals surface area (Å²) in [6.07, 6.45) is -1.79. The highest BCUT2D eigenvalue weighted by atomic mass is 32.2. The van der Waals surface area contributed by atoms with Crippen molar-refractivity contribution in [3.8, 4) is 11.6 Å². The van der Waals surface area contributed by atoms with Crippen LogP contribution in [-0.2, 0) is 33.9 Å². The molecule has 4 amide bonds. The number of methoxy groups -OCH3 is 2. The molecular weight excluding hydrogens is 838 g/mol. The van der Waals surface area contributed by atoms with Gasteiger partial charge in [-0.1, -0.05) is 32.9 Å². The third kappa shape index (κ3) is 9.75. The van der Waals surface area contributed by atoms with E-state index in [4.69, 9.17) is 28.9 Å². The van der Waals surface area contributed by atoms with Gasteiger partial charge in [-0.2, -0.15) is 13.2 Å². The number of rotatable bonds is 11. The van der Waals surface area contributed by atoms with E-state index in [1.807, 2.05) is 26.8 Å². The van der Waals surface area contributed by atoms with Crippen molar-refractivity contribution >= 4 is 44.9 Å². The van der Waals surface area contributed by atoms with Crippen molar-refractivity contribution in [1.29, 1.82) is 0 Å². The van der Waals surface area contributed by atoms with Crippen molar-refractivity contribution in [1.82, 2.24) is 30.2 Å². The number of hydrogen-bond donors (Lipinski definition) is 3. The fourth-order valence-corrected chi connectivity index (χ4v) is 9.33. The minimum Gasteiger partial charge on any atom is -0.497 e. The summed E-state index contributed by atoms with van der Waals surface area (Å²) in [6.45, 7) is 8.23. The highest BCUT2D eigenvalue weighted by molar-refractivity contribution is 7.91. The van der Waals surface area contributed by atoms with E-state index in [-0.39, 0.29) is 50.1 Å². The lowest BCUT2D eigenvalue weighted by Crippen LogP contribution is -2.60. The number of halogens is 3.